The molecule has 7 nitrogen and oxygen atoms in total. The first-order valence-corrected chi connectivity index (χ1v) is 10.3. The highest BCUT2D eigenvalue weighted by Gasteiger charge is 2.10. The van der Waals surface area contributed by atoms with Crippen LogP contribution in [0.15, 0.2) is 33.8 Å². The van der Waals surface area contributed by atoms with Gasteiger partial charge in [-0.15, -0.1) is 0 Å². The number of hydrogen-bond donors (Lipinski definition) is 2. The lowest BCUT2D eigenvalue weighted by molar-refractivity contribution is 0.205. The van der Waals surface area contributed by atoms with E-state index in [-0.39, 0.29) is 17.8 Å². The van der Waals surface area contributed by atoms with Gasteiger partial charge in [-0.1, -0.05) is 32.0 Å². The van der Waals surface area contributed by atoms with E-state index in [9.17, 15) is 4.39 Å². The Hall–Kier alpha value is -2.64. The molecule has 0 amide bonds. The van der Waals surface area contributed by atoms with Crippen molar-refractivity contribution in [2.75, 3.05) is 19.6 Å². The van der Waals surface area contributed by atoms with E-state index >= 15 is 0 Å². The second-order valence-electron chi connectivity index (χ2n) is 7.06. The van der Waals surface area contributed by atoms with E-state index in [1.165, 1.54) is 12.1 Å². The number of benzene rings is 1. The second kappa shape index (κ2) is 12.0. The first-order chi connectivity index (χ1) is 14.0. The van der Waals surface area contributed by atoms with E-state index in [4.69, 9.17) is 9.26 Å². The summed E-state index contributed by atoms with van der Waals surface area (Å²) < 4.78 is 24.4. The molecule has 0 spiro atoms. The molecule has 1 aromatic carbocycles. The van der Waals surface area contributed by atoms with Crippen molar-refractivity contribution in [2.45, 2.75) is 59.0 Å². The van der Waals surface area contributed by atoms with Crippen LogP contribution in [0.2, 0.25) is 0 Å². The van der Waals surface area contributed by atoms with Crippen molar-refractivity contribution in [3.05, 3.63) is 41.8 Å². The van der Waals surface area contributed by atoms with E-state index in [1.807, 2.05) is 27.7 Å². The molecule has 8 heteroatoms. The summed E-state index contributed by atoms with van der Waals surface area (Å²) in [5.74, 6) is 2.60. The third kappa shape index (κ3) is 8.09. The largest absolute Gasteiger partial charge is 0.488 e. The minimum absolute atomic E-state index is 0.125. The Balaban J connectivity index is 1.80. The number of aryl methyl sites for hydroxylation is 1. The highest BCUT2D eigenvalue weighted by Crippen LogP contribution is 2.15. The Morgan fingerprint density at radius 3 is 2.76 bits per heavy atom. The number of halogens is 1. The maximum atomic E-state index is 13.3. The van der Waals surface area contributed by atoms with Gasteiger partial charge in [0.2, 0.25) is 5.89 Å². The average Bonchev–Trinajstić information content (AvgIpc) is 3.17. The fraction of sp³-hybridized carbons (Fsp3) is 0.571. The molecule has 0 aliphatic heterocycles. The molecule has 2 N–H and O–H groups in total. The molecule has 160 valence electrons. The van der Waals surface area contributed by atoms with Gasteiger partial charge in [-0.3, -0.25) is 0 Å². The van der Waals surface area contributed by atoms with E-state index in [0.717, 1.165) is 37.7 Å². The predicted molar refractivity (Wildman–Crippen MR) is 112 cm³/mol. The molecule has 0 fully saturated rings. The van der Waals surface area contributed by atoms with Crippen LogP contribution in [0.5, 0.6) is 5.75 Å². The maximum absolute atomic E-state index is 13.3. The summed E-state index contributed by atoms with van der Waals surface area (Å²) in [6, 6.07) is 6.18. The van der Waals surface area contributed by atoms with Crippen LogP contribution in [0.1, 0.15) is 58.2 Å². The summed E-state index contributed by atoms with van der Waals surface area (Å²) in [6.07, 6.45) is 2.21. The van der Waals surface area contributed by atoms with Crippen LogP contribution >= 0.6 is 0 Å². The molecule has 1 heterocycles. The smallest absolute Gasteiger partial charge is 0.226 e. The summed E-state index contributed by atoms with van der Waals surface area (Å²) >= 11 is 0. The van der Waals surface area contributed by atoms with Crippen LogP contribution < -0.4 is 15.4 Å². The molecule has 1 unspecified atom stereocenters. The molecular weight excluding hydrogens is 373 g/mol. The fourth-order valence-corrected chi connectivity index (χ4v) is 2.57. The molecule has 1 aromatic heterocycles. The number of rotatable bonds is 11. The number of aliphatic imine (C=N–C) groups is 1. The van der Waals surface area contributed by atoms with Gasteiger partial charge in [0, 0.05) is 31.5 Å². The lowest BCUT2D eigenvalue weighted by Gasteiger charge is -2.17. The number of guanidine groups is 1. The first-order valence-electron chi connectivity index (χ1n) is 10.3. The van der Waals surface area contributed by atoms with Crippen LogP contribution in [0.25, 0.3) is 0 Å². The first kappa shape index (κ1) is 22.6. The van der Waals surface area contributed by atoms with Crippen molar-refractivity contribution < 1.29 is 13.7 Å². The third-order valence-corrected chi connectivity index (χ3v) is 4.21. The SMILES string of the molecule is CCNC(=NCC(CC)Oc1cccc(F)c1)NCCCc1nc(C(C)C)no1. The van der Waals surface area contributed by atoms with Crippen molar-refractivity contribution >= 4 is 5.96 Å². The van der Waals surface area contributed by atoms with Crippen molar-refractivity contribution in [3.8, 4) is 5.75 Å². The molecule has 29 heavy (non-hydrogen) atoms. The van der Waals surface area contributed by atoms with Gasteiger partial charge in [0.05, 0.1) is 6.54 Å². The molecule has 0 aliphatic carbocycles. The van der Waals surface area contributed by atoms with Gasteiger partial charge in [0.25, 0.3) is 0 Å². The van der Waals surface area contributed by atoms with Gasteiger partial charge in [0.1, 0.15) is 17.7 Å². The average molecular weight is 406 g/mol. The molecule has 0 bridgehead atoms. The zero-order valence-electron chi connectivity index (χ0n) is 17.7. The highest BCUT2D eigenvalue weighted by atomic mass is 19.1. The predicted octanol–water partition coefficient (Wildman–Crippen LogP) is 3.68. The molecular formula is C21H32FN5O2. The molecule has 0 aliphatic rings. The Morgan fingerprint density at radius 1 is 1.28 bits per heavy atom. The zero-order chi connectivity index (χ0) is 21.1. The van der Waals surface area contributed by atoms with Crippen LogP contribution in [-0.2, 0) is 6.42 Å². The molecule has 2 rings (SSSR count). The van der Waals surface area contributed by atoms with Gasteiger partial charge in [0.15, 0.2) is 11.8 Å². The lowest BCUT2D eigenvalue weighted by Crippen LogP contribution is -2.38. The maximum Gasteiger partial charge on any atom is 0.226 e. The van der Waals surface area contributed by atoms with Crippen molar-refractivity contribution in [2.24, 2.45) is 4.99 Å². The molecule has 1 atom stereocenters. The van der Waals surface area contributed by atoms with Gasteiger partial charge >= 0.3 is 0 Å². The Labute approximate surface area is 172 Å². The van der Waals surface area contributed by atoms with Crippen molar-refractivity contribution in [1.29, 1.82) is 0 Å². The van der Waals surface area contributed by atoms with Gasteiger partial charge in [-0.05, 0) is 31.9 Å². The number of hydrogen-bond acceptors (Lipinski definition) is 5. The molecule has 2 aromatic rings. The zero-order valence-corrected chi connectivity index (χ0v) is 17.7. The Bertz CT molecular complexity index is 763. The molecule has 0 saturated heterocycles. The minimum Gasteiger partial charge on any atom is -0.488 e. The van der Waals surface area contributed by atoms with Crippen LogP contribution in [0.4, 0.5) is 4.39 Å². The van der Waals surface area contributed by atoms with Crippen molar-refractivity contribution in [1.82, 2.24) is 20.8 Å². The second-order valence-corrected chi connectivity index (χ2v) is 7.06. The summed E-state index contributed by atoms with van der Waals surface area (Å²) in [7, 11) is 0. The molecule has 0 radical (unpaired) electrons. The summed E-state index contributed by atoms with van der Waals surface area (Å²) in [5.41, 5.74) is 0. The standard InChI is InChI=1S/C21H32FN5O2/c1-5-17(28-18-10-7-9-16(22)13-18)14-25-21(23-6-2)24-12-8-11-19-26-20(15(3)4)27-29-19/h7,9-10,13,15,17H,5-6,8,11-12,14H2,1-4H3,(H2,23,24,25). The fourth-order valence-electron chi connectivity index (χ4n) is 2.57. The van der Waals surface area contributed by atoms with E-state index < -0.39 is 0 Å². The monoisotopic (exact) mass is 405 g/mol. The van der Waals surface area contributed by atoms with Gasteiger partial charge < -0.3 is 19.9 Å². The van der Waals surface area contributed by atoms with E-state index in [1.54, 1.807) is 12.1 Å². The van der Waals surface area contributed by atoms with Gasteiger partial charge in [-0.2, -0.15) is 4.98 Å². The Kier molecular flexibility index (Phi) is 9.40. The topological polar surface area (TPSA) is 84.6 Å². The van der Waals surface area contributed by atoms with Crippen molar-refractivity contribution in [3.63, 3.8) is 0 Å². The van der Waals surface area contributed by atoms with Crippen LogP contribution in [0, 0.1) is 5.82 Å². The summed E-state index contributed by atoms with van der Waals surface area (Å²) in [6.45, 7) is 10.1. The van der Waals surface area contributed by atoms with E-state index in [0.29, 0.717) is 24.6 Å². The minimum atomic E-state index is -0.308. The number of aromatic nitrogens is 2. The number of nitrogens with zero attached hydrogens (tertiary/aromatic N) is 3. The molecule has 0 saturated carbocycles. The van der Waals surface area contributed by atoms with Gasteiger partial charge in [-0.25, -0.2) is 9.38 Å². The Morgan fingerprint density at radius 2 is 2.10 bits per heavy atom. The summed E-state index contributed by atoms with van der Waals surface area (Å²) in [5, 5.41) is 10.5. The third-order valence-electron chi connectivity index (χ3n) is 4.21. The van der Waals surface area contributed by atoms with Crippen LogP contribution in [0.3, 0.4) is 0 Å². The quantitative estimate of drug-likeness (QED) is 0.337. The summed E-state index contributed by atoms with van der Waals surface area (Å²) in [4.78, 5) is 8.98. The number of nitrogens with one attached hydrogen (secondary N) is 2. The lowest BCUT2D eigenvalue weighted by atomic mass is 10.2. The van der Waals surface area contributed by atoms with E-state index in [2.05, 4.69) is 25.8 Å². The number of ether oxygens (including phenoxy) is 1. The van der Waals surface area contributed by atoms with Crippen LogP contribution in [-0.4, -0.2) is 41.8 Å². The highest BCUT2D eigenvalue weighted by molar-refractivity contribution is 5.79. The normalized spacial score (nSPS) is 12.8.